The van der Waals surface area contributed by atoms with Gasteiger partial charge in [0, 0.05) is 29.1 Å². The summed E-state index contributed by atoms with van der Waals surface area (Å²) in [5, 5.41) is 4.48. The van der Waals surface area contributed by atoms with E-state index in [0.717, 1.165) is 42.4 Å². The van der Waals surface area contributed by atoms with Crippen molar-refractivity contribution < 1.29 is 9.59 Å². The first-order chi connectivity index (χ1) is 17.0. The first-order valence-corrected chi connectivity index (χ1v) is 12.9. The van der Waals surface area contributed by atoms with Crippen LogP contribution in [-0.2, 0) is 29.0 Å². The monoisotopic (exact) mass is 508 g/mol. The van der Waals surface area contributed by atoms with Gasteiger partial charge in [0.15, 0.2) is 0 Å². The lowest BCUT2D eigenvalue weighted by atomic mass is 10.0. The molecule has 0 radical (unpaired) electrons. The largest absolute Gasteiger partial charge is 0.352 e. The molecule has 4 nitrogen and oxygen atoms in total. The van der Waals surface area contributed by atoms with Gasteiger partial charge in [-0.1, -0.05) is 90.6 Å². The summed E-state index contributed by atoms with van der Waals surface area (Å²) in [6.07, 6.45) is 4.85. The molecule has 6 heteroatoms. The third kappa shape index (κ3) is 7.33. The van der Waals surface area contributed by atoms with Crippen LogP contribution in [-0.4, -0.2) is 28.8 Å². The van der Waals surface area contributed by atoms with Crippen molar-refractivity contribution in [3.05, 3.63) is 106 Å². The molecule has 0 aromatic heterocycles. The molecular formula is C29H30Cl2N2O2. The lowest BCUT2D eigenvalue weighted by Gasteiger charge is -2.32. The lowest BCUT2D eigenvalue weighted by molar-refractivity contribution is -0.141. The van der Waals surface area contributed by atoms with Gasteiger partial charge in [0.25, 0.3) is 0 Å². The third-order valence-corrected chi connectivity index (χ3v) is 7.01. The van der Waals surface area contributed by atoms with Crippen molar-refractivity contribution >= 4 is 35.0 Å². The summed E-state index contributed by atoms with van der Waals surface area (Å²) in [6, 6.07) is 24.1. The Morgan fingerprint density at radius 3 is 1.97 bits per heavy atom. The summed E-state index contributed by atoms with van der Waals surface area (Å²) in [4.78, 5) is 29.1. The topological polar surface area (TPSA) is 49.4 Å². The van der Waals surface area contributed by atoms with E-state index in [4.69, 9.17) is 23.2 Å². The van der Waals surface area contributed by atoms with E-state index in [9.17, 15) is 9.59 Å². The van der Waals surface area contributed by atoms with Crippen LogP contribution in [0.3, 0.4) is 0 Å². The molecule has 0 heterocycles. The average molecular weight is 509 g/mol. The predicted octanol–water partition coefficient (Wildman–Crippen LogP) is 6.23. The Bertz CT molecular complexity index is 1110. The minimum absolute atomic E-state index is 0.0980. The minimum Gasteiger partial charge on any atom is -0.352 e. The van der Waals surface area contributed by atoms with Gasteiger partial charge in [-0.25, -0.2) is 0 Å². The number of nitrogens with one attached hydrogen (secondary N) is 1. The van der Waals surface area contributed by atoms with Gasteiger partial charge in [0.2, 0.25) is 11.8 Å². The number of hydrogen-bond acceptors (Lipinski definition) is 2. The summed E-state index contributed by atoms with van der Waals surface area (Å²) in [6.45, 7) is 0.319. The van der Waals surface area contributed by atoms with E-state index in [1.807, 2.05) is 66.7 Å². The van der Waals surface area contributed by atoms with Crippen LogP contribution in [0.25, 0.3) is 0 Å². The molecule has 0 unspecified atom stereocenters. The van der Waals surface area contributed by atoms with Crippen molar-refractivity contribution in [2.45, 2.75) is 57.2 Å². The van der Waals surface area contributed by atoms with E-state index in [1.54, 1.807) is 17.0 Å². The molecule has 0 bridgehead atoms. The Hall–Kier alpha value is -2.82. The van der Waals surface area contributed by atoms with Crippen molar-refractivity contribution in [1.82, 2.24) is 10.2 Å². The molecular weight excluding hydrogens is 479 g/mol. The molecule has 0 spiro atoms. The van der Waals surface area contributed by atoms with Crippen LogP contribution in [0.2, 0.25) is 10.0 Å². The molecule has 3 aromatic rings. The molecule has 1 atom stereocenters. The Kier molecular flexibility index (Phi) is 8.84. The highest BCUT2D eigenvalue weighted by molar-refractivity contribution is 6.30. The summed E-state index contributed by atoms with van der Waals surface area (Å²) >= 11 is 12.1. The molecule has 0 saturated heterocycles. The molecule has 1 N–H and O–H groups in total. The number of benzene rings is 3. The van der Waals surface area contributed by atoms with Crippen molar-refractivity contribution in [3.63, 3.8) is 0 Å². The van der Waals surface area contributed by atoms with Gasteiger partial charge in [-0.2, -0.15) is 0 Å². The van der Waals surface area contributed by atoms with Crippen molar-refractivity contribution in [2.24, 2.45) is 0 Å². The number of amides is 2. The fraction of sp³-hybridized carbons (Fsp3) is 0.310. The summed E-state index contributed by atoms with van der Waals surface area (Å²) in [7, 11) is 0. The lowest BCUT2D eigenvalue weighted by Crippen LogP contribution is -2.52. The van der Waals surface area contributed by atoms with Gasteiger partial charge in [0.1, 0.15) is 6.04 Å². The van der Waals surface area contributed by atoms with E-state index in [2.05, 4.69) is 5.32 Å². The van der Waals surface area contributed by atoms with Crippen molar-refractivity contribution in [2.75, 3.05) is 0 Å². The van der Waals surface area contributed by atoms with E-state index < -0.39 is 6.04 Å². The fourth-order valence-corrected chi connectivity index (χ4v) is 4.84. The maximum Gasteiger partial charge on any atom is 0.243 e. The Morgan fingerprint density at radius 2 is 1.37 bits per heavy atom. The van der Waals surface area contributed by atoms with Gasteiger partial charge in [-0.3, -0.25) is 9.59 Å². The molecule has 1 aliphatic carbocycles. The highest BCUT2D eigenvalue weighted by Gasteiger charge is 2.32. The second kappa shape index (κ2) is 12.2. The molecule has 35 heavy (non-hydrogen) atoms. The van der Waals surface area contributed by atoms with E-state index >= 15 is 0 Å². The minimum atomic E-state index is -0.631. The van der Waals surface area contributed by atoms with Gasteiger partial charge in [0.05, 0.1) is 6.42 Å². The molecule has 3 aromatic carbocycles. The van der Waals surface area contributed by atoms with Crippen molar-refractivity contribution in [1.29, 1.82) is 0 Å². The second-order valence-electron chi connectivity index (χ2n) is 9.15. The maximum atomic E-state index is 13.7. The van der Waals surface area contributed by atoms with Crippen LogP contribution in [0.5, 0.6) is 0 Å². The van der Waals surface area contributed by atoms with E-state index in [-0.39, 0.29) is 24.3 Å². The van der Waals surface area contributed by atoms with Crippen molar-refractivity contribution in [3.8, 4) is 0 Å². The van der Waals surface area contributed by atoms with Crippen LogP contribution < -0.4 is 5.32 Å². The highest BCUT2D eigenvalue weighted by Crippen LogP contribution is 2.21. The second-order valence-corrected chi connectivity index (χ2v) is 10.0. The normalized spacial score (nSPS) is 14.5. The molecule has 182 valence electrons. The smallest absolute Gasteiger partial charge is 0.243 e. The van der Waals surface area contributed by atoms with Crippen LogP contribution in [0.4, 0.5) is 0 Å². The zero-order chi connectivity index (χ0) is 24.6. The quantitative estimate of drug-likeness (QED) is 0.372. The first-order valence-electron chi connectivity index (χ1n) is 12.1. The average Bonchev–Trinajstić information content (AvgIpc) is 3.37. The standard InChI is InChI=1S/C29H30Cl2N2O2/c30-24-14-10-22(11-15-24)19-28(34)33(20-23-12-16-25(31)17-13-23)27(18-21-6-2-1-3-7-21)29(35)32-26-8-4-5-9-26/h1-3,6-7,10-17,26-27H,4-5,8-9,18-20H2,(H,32,35)/t27-/m0/s1. The number of rotatable bonds is 9. The zero-order valence-corrected chi connectivity index (χ0v) is 21.1. The number of halogens is 2. The predicted molar refractivity (Wildman–Crippen MR) is 141 cm³/mol. The van der Waals surface area contributed by atoms with E-state index in [0.29, 0.717) is 23.0 Å². The number of nitrogens with zero attached hydrogens (tertiary/aromatic N) is 1. The molecule has 4 rings (SSSR count). The highest BCUT2D eigenvalue weighted by atomic mass is 35.5. The summed E-state index contributed by atoms with van der Waals surface area (Å²) in [5.41, 5.74) is 2.79. The molecule has 1 aliphatic rings. The zero-order valence-electron chi connectivity index (χ0n) is 19.6. The Labute approximate surface area is 217 Å². The molecule has 1 fully saturated rings. The van der Waals surface area contributed by atoms with Crippen LogP contribution in [0, 0.1) is 0 Å². The van der Waals surface area contributed by atoms with Gasteiger partial charge in [-0.05, 0) is 53.8 Å². The number of carbonyl (C=O) groups is 2. The summed E-state index contributed by atoms with van der Waals surface area (Å²) < 4.78 is 0. The third-order valence-electron chi connectivity index (χ3n) is 6.51. The molecule has 1 saturated carbocycles. The van der Waals surface area contributed by atoms with Gasteiger partial charge in [-0.15, -0.1) is 0 Å². The first kappa shape index (κ1) is 25.3. The number of hydrogen-bond donors (Lipinski definition) is 1. The summed E-state index contributed by atoms with van der Waals surface area (Å²) in [5.74, 6) is -0.205. The van der Waals surface area contributed by atoms with Crippen LogP contribution in [0.15, 0.2) is 78.9 Å². The molecule has 2 amide bonds. The van der Waals surface area contributed by atoms with E-state index in [1.165, 1.54) is 0 Å². The Balaban J connectivity index is 1.64. The van der Waals surface area contributed by atoms with Gasteiger partial charge >= 0.3 is 0 Å². The Morgan fingerprint density at radius 1 is 0.800 bits per heavy atom. The van der Waals surface area contributed by atoms with Crippen LogP contribution >= 0.6 is 23.2 Å². The SMILES string of the molecule is O=C(NC1CCCC1)[C@H](Cc1ccccc1)N(Cc1ccc(Cl)cc1)C(=O)Cc1ccc(Cl)cc1. The number of carbonyl (C=O) groups excluding carboxylic acids is 2. The fourth-order valence-electron chi connectivity index (χ4n) is 4.59. The van der Waals surface area contributed by atoms with Crippen LogP contribution in [0.1, 0.15) is 42.4 Å². The molecule has 0 aliphatic heterocycles. The maximum absolute atomic E-state index is 13.7. The van der Waals surface area contributed by atoms with Gasteiger partial charge < -0.3 is 10.2 Å².